The molecule has 0 spiro atoms. The number of halogens is 1. The van der Waals surface area contributed by atoms with E-state index in [2.05, 4.69) is 64.3 Å². The minimum Gasteiger partial charge on any atom is -0.410 e. The number of Topliss-reactive ketones (excluding diaryl/α,β-unsaturated/α-hetero) is 1. The van der Waals surface area contributed by atoms with Gasteiger partial charge in [0.05, 0.1) is 9.46 Å². The van der Waals surface area contributed by atoms with Crippen LogP contribution in [0.5, 0.6) is 5.75 Å². The van der Waals surface area contributed by atoms with Crippen LogP contribution in [-0.2, 0) is 24.0 Å². The number of nitrogens with zero attached hydrogens (tertiary/aromatic N) is 1. The number of carbonyl (C=O) groups excluding carboxylic acids is 6. The number of piperidine rings is 1. The van der Waals surface area contributed by atoms with Crippen LogP contribution in [0, 0.1) is 28.6 Å². The molecule has 5 rings (SSSR count). The molecule has 1 unspecified atom stereocenters. The largest absolute Gasteiger partial charge is 0.413 e. The number of amides is 5. The van der Waals surface area contributed by atoms with Crippen LogP contribution in [0.4, 0.5) is 4.79 Å². The molecule has 1 saturated heterocycles. The van der Waals surface area contributed by atoms with Gasteiger partial charge in [-0.2, -0.15) is 0 Å². The van der Waals surface area contributed by atoms with Crippen LogP contribution in [0.3, 0.4) is 0 Å². The molecule has 6 atom stereocenters. The number of ketones is 1. The van der Waals surface area contributed by atoms with Crippen molar-refractivity contribution in [3.63, 3.8) is 0 Å². The van der Waals surface area contributed by atoms with E-state index >= 15 is 0 Å². The average Bonchev–Trinajstić information content (AvgIpc) is 3.95. The molecule has 12 nitrogen and oxygen atoms in total. The van der Waals surface area contributed by atoms with Gasteiger partial charge in [0.2, 0.25) is 23.5 Å². The summed E-state index contributed by atoms with van der Waals surface area (Å²) < 4.78 is 4.91. The minimum atomic E-state index is -1.04. The summed E-state index contributed by atoms with van der Waals surface area (Å²) >= 11 is 2.28. The standard InChI is InChI=1S/C39H54IN5O7/c1-7-20-41-33(48)29(46)26(21-23-16-17-23)42-32(47)28-27-25(38(27,5)6)22-45(28)35(50)31(37(2,3)4)43-34(49)30(39(40)18-12-9-13-19-39)44-36(51)52-24-14-10-8-11-15-24/h7-8,10-11,14-15,23,25-28,30-31H,1,9,12-13,16-22H2,2-6H3,(H,41,48)(H,42,47)(H,43,49)(H,44,51)/t25-,26?,27-,28-,30+,31+/m0/s1. The predicted molar refractivity (Wildman–Crippen MR) is 204 cm³/mol. The molecule has 4 fully saturated rings. The topological polar surface area (TPSA) is 163 Å². The van der Waals surface area contributed by atoms with Gasteiger partial charge < -0.3 is 30.9 Å². The summed E-state index contributed by atoms with van der Waals surface area (Å²) in [7, 11) is 0. The highest BCUT2D eigenvalue weighted by Crippen LogP contribution is 2.65. The Bertz CT molecular complexity index is 1550. The van der Waals surface area contributed by atoms with Crippen LogP contribution in [0.2, 0.25) is 0 Å². The maximum absolute atomic E-state index is 14.7. The zero-order valence-electron chi connectivity index (χ0n) is 31.0. The lowest BCUT2D eigenvalue weighted by Crippen LogP contribution is -2.64. The third-order valence-electron chi connectivity index (χ3n) is 11.4. The van der Waals surface area contributed by atoms with Crippen molar-refractivity contribution >= 4 is 58.1 Å². The molecule has 5 amide bonds. The van der Waals surface area contributed by atoms with Crippen molar-refractivity contribution in [2.45, 2.75) is 114 Å². The van der Waals surface area contributed by atoms with Crippen molar-refractivity contribution in [3.8, 4) is 5.75 Å². The van der Waals surface area contributed by atoms with Crippen molar-refractivity contribution in [2.24, 2.45) is 28.6 Å². The summed E-state index contributed by atoms with van der Waals surface area (Å²) in [6.07, 6.45) is 7.12. The maximum Gasteiger partial charge on any atom is 0.413 e. The summed E-state index contributed by atoms with van der Waals surface area (Å²) in [5, 5.41) is 11.2. The molecule has 284 valence electrons. The molecule has 3 aliphatic carbocycles. The van der Waals surface area contributed by atoms with Gasteiger partial charge in [-0.3, -0.25) is 24.0 Å². The number of nitrogens with one attached hydrogen (secondary N) is 4. The number of benzene rings is 1. The number of hydrogen-bond acceptors (Lipinski definition) is 7. The summed E-state index contributed by atoms with van der Waals surface area (Å²) in [6.45, 7) is 13.7. The Morgan fingerprint density at radius 2 is 1.65 bits per heavy atom. The van der Waals surface area contributed by atoms with Crippen LogP contribution in [0.1, 0.15) is 86.0 Å². The Labute approximate surface area is 320 Å². The molecule has 0 bridgehead atoms. The second-order valence-corrected chi connectivity index (χ2v) is 18.8. The second kappa shape index (κ2) is 15.9. The number of rotatable bonds is 14. The van der Waals surface area contributed by atoms with Gasteiger partial charge in [0, 0.05) is 13.1 Å². The zero-order chi connectivity index (χ0) is 38.0. The third-order valence-corrected chi connectivity index (χ3v) is 13.1. The van der Waals surface area contributed by atoms with Crippen molar-refractivity contribution < 1.29 is 33.5 Å². The monoisotopic (exact) mass is 831 g/mol. The van der Waals surface area contributed by atoms with E-state index in [4.69, 9.17) is 4.74 Å². The molecular formula is C39H54IN5O7. The maximum atomic E-state index is 14.7. The summed E-state index contributed by atoms with van der Waals surface area (Å²) in [5.74, 6) is -2.40. The Hall–Kier alpha value is -3.49. The first-order chi connectivity index (χ1) is 24.5. The van der Waals surface area contributed by atoms with Gasteiger partial charge in [-0.15, -0.1) is 6.58 Å². The van der Waals surface area contributed by atoms with Gasteiger partial charge in [-0.05, 0) is 60.0 Å². The number of likely N-dealkylation sites (tertiary alicyclic amines) is 1. The van der Waals surface area contributed by atoms with Crippen LogP contribution in [0.25, 0.3) is 0 Å². The third kappa shape index (κ3) is 8.99. The number of ether oxygens (including phenoxy) is 1. The first kappa shape index (κ1) is 39.7. The van der Waals surface area contributed by atoms with E-state index in [0.717, 1.165) is 32.1 Å². The molecule has 52 heavy (non-hydrogen) atoms. The smallest absolute Gasteiger partial charge is 0.410 e. The molecular weight excluding hydrogens is 777 g/mol. The Morgan fingerprint density at radius 3 is 2.25 bits per heavy atom. The molecule has 1 aromatic rings. The zero-order valence-corrected chi connectivity index (χ0v) is 33.1. The van der Waals surface area contributed by atoms with Crippen LogP contribution in [-0.4, -0.2) is 81.1 Å². The first-order valence-corrected chi connectivity index (χ1v) is 19.6. The summed E-state index contributed by atoms with van der Waals surface area (Å²) in [5.41, 5.74) is -0.983. The number of fused-ring (bicyclic) bond motifs is 1. The molecule has 3 saturated carbocycles. The van der Waals surface area contributed by atoms with Gasteiger partial charge >= 0.3 is 6.09 Å². The molecule has 4 aliphatic rings. The van der Waals surface area contributed by atoms with E-state index in [1.807, 2.05) is 26.8 Å². The lowest BCUT2D eigenvalue weighted by Gasteiger charge is -2.41. The van der Waals surface area contributed by atoms with Gasteiger partial charge in [-0.25, -0.2) is 4.79 Å². The molecule has 0 aromatic heterocycles. The molecule has 1 heterocycles. The van der Waals surface area contributed by atoms with Crippen LogP contribution < -0.4 is 26.0 Å². The molecule has 1 aliphatic heterocycles. The highest BCUT2D eigenvalue weighted by molar-refractivity contribution is 14.1. The normalized spacial score (nSPS) is 24.6. The molecule has 13 heteroatoms. The van der Waals surface area contributed by atoms with E-state index in [-0.39, 0.29) is 29.7 Å². The SMILES string of the molecule is C=CCNC(=O)C(=O)C(CC1CC1)NC(=O)[C@@H]1[C@@H]2[C@H](CN1C(=O)[C@@H](NC(=O)[C@@H](NC(=O)Oc1ccccc1)C1(I)CCCCC1)C(C)(C)C)C2(C)C. The van der Waals surface area contributed by atoms with Crippen molar-refractivity contribution in [1.82, 2.24) is 26.2 Å². The highest BCUT2D eigenvalue weighted by atomic mass is 127. The van der Waals surface area contributed by atoms with Gasteiger partial charge in [-0.1, -0.05) is 114 Å². The minimum absolute atomic E-state index is 0.0546. The van der Waals surface area contributed by atoms with Crippen molar-refractivity contribution in [2.75, 3.05) is 13.1 Å². The number of carbonyl (C=O) groups is 6. The van der Waals surface area contributed by atoms with Gasteiger partial charge in [0.1, 0.15) is 23.9 Å². The van der Waals surface area contributed by atoms with E-state index in [0.29, 0.717) is 31.6 Å². The summed E-state index contributed by atoms with van der Waals surface area (Å²) in [4.78, 5) is 83.8. The van der Waals surface area contributed by atoms with Gasteiger partial charge in [0.25, 0.3) is 5.91 Å². The van der Waals surface area contributed by atoms with Crippen LogP contribution in [0.15, 0.2) is 43.0 Å². The quantitative estimate of drug-likeness (QED) is 0.0933. The lowest BCUT2D eigenvalue weighted by atomic mass is 9.82. The van der Waals surface area contributed by atoms with E-state index in [1.54, 1.807) is 29.2 Å². The number of para-hydroxylation sites is 1. The van der Waals surface area contributed by atoms with Crippen molar-refractivity contribution in [1.29, 1.82) is 0 Å². The lowest BCUT2D eigenvalue weighted by molar-refractivity contribution is -0.147. The predicted octanol–water partition coefficient (Wildman–Crippen LogP) is 4.45. The van der Waals surface area contributed by atoms with E-state index in [1.165, 1.54) is 6.08 Å². The fourth-order valence-electron chi connectivity index (χ4n) is 8.04. The second-order valence-electron chi connectivity index (χ2n) is 16.7. The molecule has 0 radical (unpaired) electrons. The Balaban J connectivity index is 1.37. The highest BCUT2D eigenvalue weighted by Gasteiger charge is 2.70. The fourth-order valence-corrected chi connectivity index (χ4v) is 9.24. The van der Waals surface area contributed by atoms with Gasteiger partial charge in [0.15, 0.2) is 0 Å². The molecule has 1 aromatic carbocycles. The number of alkyl halides is 1. The van der Waals surface area contributed by atoms with Crippen molar-refractivity contribution in [3.05, 3.63) is 43.0 Å². The number of hydrogen-bond donors (Lipinski definition) is 4. The van der Waals surface area contributed by atoms with E-state index < -0.39 is 68.5 Å². The van der Waals surface area contributed by atoms with Crippen LogP contribution >= 0.6 is 22.6 Å². The van der Waals surface area contributed by atoms with E-state index in [9.17, 15) is 28.8 Å². The Morgan fingerprint density at radius 1 is 1.00 bits per heavy atom. The Kier molecular flexibility index (Phi) is 12.1. The average molecular weight is 832 g/mol. The fraction of sp³-hybridized carbons (Fsp3) is 0.641. The first-order valence-electron chi connectivity index (χ1n) is 18.5. The summed E-state index contributed by atoms with van der Waals surface area (Å²) in [6, 6.07) is 4.67. The molecule has 4 N–H and O–H groups in total.